The van der Waals surface area contributed by atoms with Gasteiger partial charge < -0.3 is 9.64 Å². The van der Waals surface area contributed by atoms with Crippen molar-refractivity contribution in [3.8, 4) is 0 Å². The minimum atomic E-state index is -0.292. The second kappa shape index (κ2) is 6.60. The Balaban J connectivity index is 1.96. The van der Waals surface area contributed by atoms with Gasteiger partial charge in [0.1, 0.15) is 12.0 Å². The van der Waals surface area contributed by atoms with E-state index in [1.54, 1.807) is 6.07 Å². The molecule has 1 atom stereocenters. The summed E-state index contributed by atoms with van der Waals surface area (Å²) in [6, 6.07) is 8.32. The largest absolute Gasteiger partial charge is 0.465 e. The fourth-order valence-corrected chi connectivity index (χ4v) is 3.39. The first-order valence-corrected chi connectivity index (χ1v) is 8.50. The zero-order valence-electron chi connectivity index (χ0n) is 14.2. The SMILES string of the molecule is CCC1=NN(CC)C(c2cccc(C(=O)OC)c2)N1C1CCC1. The average Bonchev–Trinajstić information content (AvgIpc) is 2.91. The maximum atomic E-state index is 11.9. The first kappa shape index (κ1) is 15.8. The molecule has 2 aliphatic rings. The van der Waals surface area contributed by atoms with Crippen molar-refractivity contribution in [3.63, 3.8) is 0 Å². The lowest BCUT2D eigenvalue weighted by Gasteiger charge is -2.42. The Bertz CT molecular complexity index is 610. The van der Waals surface area contributed by atoms with E-state index in [9.17, 15) is 4.79 Å². The lowest BCUT2D eigenvalue weighted by atomic mass is 9.90. The van der Waals surface area contributed by atoms with Crippen molar-refractivity contribution in [1.29, 1.82) is 0 Å². The number of esters is 1. The predicted octanol–water partition coefficient (Wildman–Crippen LogP) is 3.39. The third-order valence-corrected chi connectivity index (χ3v) is 4.80. The summed E-state index contributed by atoms with van der Waals surface area (Å²) >= 11 is 0. The maximum Gasteiger partial charge on any atom is 0.337 e. The molecule has 5 heteroatoms. The van der Waals surface area contributed by atoms with Crippen molar-refractivity contribution in [3.05, 3.63) is 35.4 Å². The first-order chi connectivity index (χ1) is 11.2. The number of methoxy groups -OCH3 is 1. The summed E-state index contributed by atoms with van der Waals surface area (Å²) in [6.45, 7) is 5.13. The van der Waals surface area contributed by atoms with Crippen LogP contribution in [0, 0.1) is 0 Å². The summed E-state index contributed by atoms with van der Waals surface area (Å²) in [7, 11) is 1.42. The monoisotopic (exact) mass is 315 g/mol. The van der Waals surface area contributed by atoms with Crippen LogP contribution in [0.1, 0.15) is 61.6 Å². The van der Waals surface area contributed by atoms with Crippen LogP contribution < -0.4 is 0 Å². The van der Waals surface area contributed by atoms with Crippen molar-refractivity contribution in [2.75, 3.05) is 13.7 Å². The molecule has 0 radical (unpaired) electrons. The maximum absolute atomic E-state index is 11.9. The molecular formula is C18H25N3O2. The number of carbonyl (C=O) groups excluding carboxylic acids is 1. The topological polar surface area (TPSA) is 45.1 Å². The Kier molecular flexibility index (Phi) is 4.55. The standard InChI is InChI=1S/C18H25N3O2/c1-4-16-19-20(5-2)17(21(16)15-10-7-11-15)13-8-6-9-14(12-13)18(22)23-3/h6,8-9,12,15,17H,4-5,7,10-11H2,1-3H3. The number of amidine groups is 1. The van der Waals surface area contributed by atoms with Gasteiger partial charge in [0.05, 0.1) is 12.7 Å². The molecule has 23 heavy (non-hydrogen) atoms. The molecule has 0 saturated heterocycles. The molecule has 1 aliphatic heterocycles. The normalized spacial score (nSPS) is 21.2. The van der Waals surface area contributed by atoms with Gasteiger partial charge >= 0.3 is 5.97 Å². The molecule has 3 rings (SSSR count). The molecule has 0 N–H and O–H groups in total. The molecule has 1 saturated carbocycles. The van der Waals surface area contributed by atoms with E-state index in [4.69, 9.17) is 9.84 Å². The Morgan fingerprint density at radius 1 is 1.35 bits per heavy atom. The van der Waals surface area contributed by atoms with Gasteiger partial charge in [-0.2, -0.15) is 5.10 Å². The number of rotatable bonds is 5. The molecule has 5 nitrogen and oxygen atoms in total. The number of hydrogen-bond donors (Lipinski definition) is 0. The van der Waals surface area contributed by atoms with E-state index in [2.05, 4.69) is 29.8 Å². The second-order valence-corrected chi connectivity index (χ2v) is 6.11. The number of benzene rings is 1. The van der Waals surface area contributed by atoms with Crippen LogP contribution in [0.5, 0.6) is 0 Å². The first-order valence-electron chi connectivity index (χ1n) is 8.50. The van der Waals surface area contributed by atoms with E-state index in [1.165, 1.54) is 26.4 Å². The molecule has 1 aromatic carbocycles. The van der Waals surface area contributed by atoms with Crippen molar-refractivity contribution in [2.24, 2.45) is 5.10 Å². The molecule has 0 amide bonds. The molecule has 1 heterocycles. The van der Waals surface area contributed by atoms with Crippen molar-refractivity contribution in [1.82, 2.24) is 9.91 Å². The Morgan fingerprint density at radius 3 is 2.70 bits per heavy atom. The minimum absolute atomic E-state index is 0.0878. The molecule has 1 unspecified atom stereocenters. The van der Waals surface area contributed by atoms with Crippen molar-refractivity contribution >= 4 is 11.8 Å². The number of hydrazone groups is 1. The molecule has 124 valence electrons. The molecular weight excluding hydrogens is 290 g/mol. The van der Waals surface area contributed by atoms with Gasteiger partial charge in [-0.1, -0.05) is 19.1 Å². The van der Waals surface area contributed by atoms with Crippen LogP contribution in [0.3, 0.4) is 0 Å². The summed E-state index contributed by atoms with van der Waals surface area (Å²) in [5, 5.41) is 6.95. The Morgan fingerprint density at radius 2 is 2.13 bits per heavy atom. The van der Waals surface area contributed by atoms with E-state index < -0.39 is 0 Å². The summed E-state index contributed by atoms with van der Waals surface area (Å²) < 4.78 is 4.86. The highest BCUT2D eigenvalue weighted by atomic mass is 16.5. The van der Waals surface area contributed by atoms with E-state index in [1.807, 2.05) is 12.1 Å². The lowest BCUT2D eigenvalue weighted by Crippen LogP contribution is -2.45. The lowest BCUT2D eigenvalue weighted by molar-refractivity contribution is 0.0598. The zero-order chi connectivity index (χ0) is 16.4. The second-order valence-electron chi connectivity index (χ2n) is 6.11. The van der Waals surface area contributed by atoms with Gasteiger partial charge in [-0.3, -0.25) is 5.01 Å². The molecule has 1 fully saturated rings. The van der Waals surface area contributed by atoms with Crippen LogP contribution >= 0.6 is 0 Å². The summed E-state index contributed by atoms with van der Waals surface area (Å²) in [5.41, 5.74) is 1.70. The van der Waals surface area contributed by atoms with Gasteiger partial charge in [0.2, 0.25) is 0 Å². The number of hydrogen-bond acceptors (Lipinski definition) is 5. The fourth-order valence-electron chi connectivity index (χ4n) is 3.39. The summed E-state index contributed by atoms with van der Waals surface area (Å²) in [6.07, 6.45) is 4.76. The van der Waals surface area contributed by atoms with Gasteiger partial charge in [0.25, 0.3) is 0 Å². The van der Waals surface area contributed by atoms with Gasteiger partial charge in [0.15, 0.2) is 0 Å². The highest BCUT2D eigenvalue weighted by Crippen LogP contribution is 2.39. The third-order valence-electron chi connectivity index (χ3n) is 4.80. The van der Waals surface area contributed by atoms with Crippen LogP contribution in [-0.4, -0.2) is 41.4 Å². The summed E-state index contributed by atoms with van der Waals surface area (Å²) in [5.74, 6) is 0.866. The zero-order valence-corrected chi connectivity index (χ0v) is 14.2. The fraction of sp³-hybridized carbons (Fsp3) is 0.556. The third kappa shape index (κ3) is 2.80. The molecule has 0 bridgehead atoms. The highest BCUT2D eigenvalue weighted by Gasteiger charge is 2.40. The predicted molar refractivity (Wildman–Crippen MR) is 90.1 cm³/mol. The van der Waals surface area contributed by atoms with E-state index in [0.717, 1.165) is 24.4 Å². The summed E-state index contributed by atoms with van der Waals surface area (Å²) in [4.78, 5) is 14.3. The number of nitrogens with zero attached hydrogens (tertiary/aromatic N) is 3. The van der Waals surface area contributed by atoms with Gasteiger partial charge in [-0.25, -0.2) is 4.79 Å². The van der Waals surface area contributed by atoms with Crippen LogP contribution in [0.15, 0.2) is 29.4 Å². The van der Waals surface area contributed by atoms with Crippen molar-refractivity contribution in [2.45, 2.75) is 51.7 Å². The Labute approximate surface area is 137 Å². The molecule has 1 aromatic rings. The molecule has 0 spiro atoms. The van der Waals surface area contributed by atoms with Gasteiger partial charge in [-0.05, 0) is 43.9 Å². The number of ether oxygens (including phenoxy) is 1. The quantitative estimate of drug-likeness (QED) is 0.781. The van der Waals surface area contributed by atoms with Crippen LogP contribution in [-0.2, 0) is 4.74 Å². The van der Waals surface area contributed by atoms with Crippen LogP contribution in [0.2, 0.25) is 0 Å². The van der Waals surface area contributed by atoms with Crippen LogP contribution in [0.25, 0.3) is 0 Å². The van der Waals surface area contributed by atoms with E-state index in [0.29, 0.717) is 11.6 Å². The number of carbonyl (C=O) groups is 1. The van der Waals surface area contributed by atoms with Crippen LogP contribution in [0.4, 0.5) is 0 Å². The smallest absolute Gasteiger partial charge is 0.337 e. The van der Waals surface area contributed by atoms with E-state index >= 15 is 0 Å². The average molecular weight is 315 g/mol. The molecule has 0 aromatic heterocycles. The van der Waals surface area contributed by atoms with E-state index in [-0.39, 0.29) is 12.1 Å². The van der Waals surface area contributed by atoms with Crippen molar-refractivity contribution < 1.29 is 9.53 Å². The minimum Gasteiger partial charge on any atom is -0.465 e. The van der Waals surface area contributed by atoms with Gasteiger partial charge in [0, 0.05) is 19.0 Å². The highest BCUT2D eigenvalue weighted by molar-refractivity contribution is 5.89. The van der Waals surface area contributed by atoms with Gasteiger partial charge in [-0.15, -0.1) is 0 Å². The molecule has 1 aliphatic carbocycles. The Hall–Kier alpha value is -2.04.